The second-order valence-electron chi connectivity index (χ2n) is 6.07. The monoisotopic (exact) mass is 404 g/mol. The van der Waals surface area contributed by atoms with Gasteiger partial charge in [-0.05, 0) is 42.7 Å². The van der Waals surface area contributed by atoms with Crippen molar-refractivity contribution in [3.63, 3.8) is 0 Å². The number of benzene rings is 2. The fourth-order valence-electron chi connectivity index (χ4n) is 2.59. The van der Waals surface area contributed by atoms with Crippen LogP contribution in [0.25, 0.3) is 11.3 Å². The Labute approximate surface area is 161 Å². The molecule has 146 valence electrons. The van der Waals surface area contributed by atoms with Crippen molar-refractivity contribution in [2.45, 2.75) is 17.7 Å². The normalized spacial score (nSPS) is 11.4. The highest BCUT2D eigenvalue weighted by atomic mass is 32.2. The molecule has 0 amide bonds. The van der Waals surface area contributed by atoms with E-state index in [0.717, 1.165) is 11.8 Å². The van der Waals surface area contributed by atoms with Crippen LogP contribution in [0.1, 0.15) is 12.0 Å². The van der Waals surface area contributed by atoms with Gasteiger partial charge in [-0.25, -0.2) is 27.9 Å². The van der Waals surface area contributed by atoms with Gasteiger partial charge >= 0.3 is 0 Å². The lowest BCUT2D eigenvalue weighted by Gasteiger charge is -2.09. The van der Waals surface area contributed by atoms with Crippen molar-refractivity contribution in [3.05, 3.63) is 66.1 Å². The molecule has 6 nitrogen and oxygen atoms in total. The minimum absolute atomic E-state index is 0.0217. The van der Waals surface area contributed by atoms with Crippen molar-refractivity contribution in [1.29, 1.82) is 0 Å². The van der Waals surface area contributed by atoms with Crippen LogP contribution >= 0.6 is 0 Å². The third kappa shape index (κ3) is 4.87. The summed E-state index contributed by atoms with van der Waals surface area (Å²) in [5, 5.41) is 7.96. The van der Waals surface area contributed by atoms with Crippen molar-refractivity contribution in [2.75, 3.05) is 12.0 Å². The van der Waals surface area contributed by atoms with Gasteiger partial charge in [0.25, 0.3) is 0 Å². The van der Waals surface area contributed by atoms with Crippen molar-refractivity contribution in [2.24, 2.45) is 5.14 Å². The van der Waals surface area contributed by atoms with Crippen LogP contribution in [0.5, 0.6) is 0 Å². The summed E-state index contributed by atoms with van der Waals surface area (Å²) >= 11 is 0. The molecule has 0 unspecified atom stereocenters. The molecule has 3 rings (SSSR count). The van der Waals surface area contributed by atoms with Crippen LogP contribution in [-0.2, 0) is 16.4 Å². The summed E-state index contributed by atoms with van der Waals surface area (Å²) in [5.41, 5.74) is 2.17. The first-order chi connectivity index (χ1) is 13.4. The van der Waals surface area contributed by atoms with Gasteiger partial charge in [0, 0.05) is 11.3 Å². The Morgan fingerprint density at radius 2 is 1.71 bits per heavy atom. The molecular formula is C19H18F2N4O2S. The number of nitrogens with two attached hydrogens (primary N) is 1. The lowest BCUT2D eigenvalue weighted by atomic mass is 10.1. The Bertz CT molecular complexity index is 1060. The van der Waals surface area contributed by atoms with Gasteiger partial charge in [-0.15, -0.1) is 0 Å². The molecule has 0 saturated heterocycles. The van der Waals surface area contributed by atoms with E-state index in [4.69, 9.17) is 5.14 Å². The number of nitrogens with zero attached hydrogens (tertiary/aromatic N) is 2. The maximum absolute atomic E-state index is 14.2. The van der Waals surface area contributed by atoms with E-state index in [1.807, 2.05) is 12.1 Å². The van der Waals surface area contributed by atoms with Crippen molar-refractivity contribution in [3.8, 4) is 11.3 Å². The molecule has 2 aromatic carbocycles. The zero-order valence-electron chi connectivity index (χ0n) is 14.8. The number of sulfonamides is 1. The smallest absolute Gasteiger partial charge is 0.238 e. The third-order valence-corrected chi connectivity index (χ3v) is 4.94. The number of aryl methyl sites for hydroxylation is 1. The Kier molecular flexibility index (Phi) is 5.96. The molecule has 0 aliphatic carbocycles. The highest BCUT2D eigenvalue weighted by Crippen LogP contribution is 2.23. The molecule has 0 spiro atoms. The Morgan fingerprint density at radius 3 is 2.32 bits per heavy atom. The summed E-state index contributed by atoms with van der Waals surface area (Å²) in [5.74, 6) is -0.423. The summed E-state index contributed by atoms with van der Waals surface area (Å²) in [6.45, 7) is -0.379. The number of aromatic nitrogens is 2. The highest BCUT2D eigenvalue weighted by molar-refractivity contribution is 7.89. The minimum Gasteiger partial charge on any atom is -0.324 e. The molecule has 3 aromatic rings. The molecular weight excluding hydrogens is 386 g/mol. The summed E-state index contributed by atoms with van der Waals surface area (Å²) in [6, 6.07) is 12.8. The molecule has 0 aliphatic heterocycles. The number of nitrogens with one attached hydrogen (secondary N) is 1. The van der Waals surface area contributed by atoms with Crippen molar-refractivity contribution < 1.29 is 17.2 Å². The van der Waals surface area contributed by atoms with Crippen LogP contribution in [0.4, 0.5) is 20.4 Å². The van der Waals surface area contributed by atoms with E-state index in [2.05, 4.69) is 15.3 Å². The summed E-state index contributed by atoms with van der Waals surface area (Å²) in [6.07, 6.45) is 2.12. The van der Waals surface area contributed by atoms with E-state index >= 15 is 0 Å². The number of primary sulfonamides is 1. The molecule has 0 fully saturated rings. The first-order valence-corrected chi connectivity index (χ1v) is 9.99. The molecule has 0 radical (unpaired) electrons. The van der Waals surface area contributed by atoms with Gasteiger partial charge in [-0.3, -0.25) is 4.39 Å². The average Bonchev–Trinajstić information content (AvgIpc) is 2.68. The Balaban J connectivity index is 1.81. The number of hydrogen-bond acceptors (Lipinski definition) is 5. The van der Waals surface area contributed by atoms with Gasteiger partial charge in [-0.1, -0.05) is 24.3 Å². The quantitative estimate of drug-likeness (QED) is 0.627. The minimum atomic E-state index is -3.78. The molecule has 1 heterocycles. The van der Waals surface area contributed by atoms with E-state index in [0.29, 0.717) is 24.1 Å². The number of halogens is 2. The Morgan fingerprint density at radius 1 is 1.04 bits per heavy atom. The third-order valence-electron chi connectivity index (χ3n) is 4.01. The van der Waals surface area contributed by atoms with Gasteiger partial charge in [0.15, 0.2) is 5.82 Å². The van der Waals surface area contributed by atoms with E-state index in [9.17, 15) is 17.2 Å². The van der Waals surface area contributed by atoms with Crippen molar-refractivity contribution >= 4 is 21.7 Å². The molecule has 3 N–H and O–H groups in total. The molecule has 0 atom stereocenters. The number of anilines is 2. The number of alkyl halides is 1. The van der Waals surface area contributed by atoms with Crippen molar-refractivity contribution in [1.82, 2.24) is 9.97 Å². The summed E-state index contributed by atoms with van der Waals surface area (Å²) < 4.78 is 49.1. The predicted molar refractivity (Wildman–Crippen MR) is 103 cm³/mol. The van der Waals surface area contributed by atoms with Crippen LogP contribution < -0.4 is 10.5 Å². The number of rotatable bonds is 7. The zero-order valence-corrected chi connectivity index (χ0v) is 15.6. The van der Waals surface area contributed by atoms with Gasteiger partial charge in [0.05, 0.1) is 17.8 Å². The topological polar surface area (TPSA) is 98.0 Å². The first kappa shape index (κ1) is 19.8. The molecule has 0 bridgehead atoms. The largest absolute Gasteiger partial charge is 0.324 e. The SMILES string of the molecule is NS(=O)(=O)c1ccc(Nc2ncc(F)c(-c3ccc(CCCF)cc3)n2)cc1. The lowest BCUT2D eigenvalue weighted by Crippen LogP contribution is -2.11. The summed E-state index contributed by atoms with van der Waals surface area (Å²) in [4.78, 5) is 8.09. The maximum Gasteiger partial charge on any atom is 0.238 e. The van der Waals surface area contributed by atoms with Crippen LogP contribution in [0.2, 0.25) is 0 Å². The fraction of sp³-hybridized carbons (Fsp3) is 0.158. The molecule has 1 aromatic heterocycles. The lowest BCUT2D eigenvalue weighted by molar-refractivity contribution is 0.473. The average molecular weight is 404 g/mol. The van der Waals surface area contributed by atoms with E-state index < -0.39 is 15.8 Å². The molecule has 28 heavy (non-hydrogen) atoms. The zero-order chi connectivity index (χ0) is 20.1. The molecule has 9 heteroatoms. The predicted octanol–water partition coefficient (Wildman–Crippen LogP) is 3.58. The van der Waals surface area contributed by atoms with Crippen LogP contribution in [0.15, 0.2) is 59.6 Å². The number of hydrogen-bond donors (Lipinski definition) is 2. The Hall–Kier alpha value is -2.91. The van der Waals surface area contributed by atoms with Crippen LogP contribution in [0.3, 0.4) is 0 Å². The van der Waals surface area contributed by atoms with Crippen LogP contribution in [-0.4, -0.2) is 25.1 Å². The van der Waals surface area contributed by atoms with Crippen LogP contribution in [0, 0.1) is 5.82 Å². The summed E-state index contributed by atoms with van der Waals surface area (Å²) in [7, 11) is -3.78. The molecule has 0 saturated carbocycles. The van der Waals surface area contributed by atoms with Gasteiger partial charge in [-0.2, -0.15) is 0 Å². The van der Waals surface area contributed by atoms with E-state index in [-0.39, 0.29) is 23.2 Å². The highest BCUT2D eigenvalue weighted by Gasteiger charge is 2.11. The second-order valence-corrected chi connectivity index (χ2v) is 7.64. The van der Waals surface area contributed by atoms with Gasteiger partial charge in [0.1, 0.15) is 5.69 Å². The molecule has 0 aliphatic rings. The fourth-order valence-corrected chi connectivity index (χ4v) is 3.10. The van der Waals surface area contributed by atoms with Gasteiger partial charge in [0.2, 0.25) is 16.0 Å². The van der Waals surface area contributed by atoms with E-state index in [1.54, 1.807) is 12.1 Å². The maximum atomic E-state index is 14.2. The standard InChI is InChI=1S/C19H18F2N4O2S/c20-11-1-2-13-3-5-14(6-4-13)18-17(21)12-23-19(25-18)24-15-7-9-16(10-8-15)28(22,26)27/h3-10,12H,1-2,11H2,(H2,22,26,27)(H,23,24,25). The van der Waals surface area contributed by atoms with Gasteiger partial charge < -0.3 is 5.32 Å². The first-order valence-electron chi connectivity index (χ1n) is 8.44. The second kappa shape index (κ2) is 8.41. The van der Waals surface area contributed by atoms with E-state index in [1.165, 1.54) is 24.3 Å².